The molecule has 0 aliphatic heterocycles. The maximum Gasteiger partial charge on any atom is 0.261 e. The Morgan fingerprint density at radius 2 is 1.86 bits per heavy atom. The van der Waals surface area contributed by atoms with Crippen LogP contribution in [0.3, 0.4) is 0 Å². The lowest BCUT2D eigenvalue weighted by atomic mass is 10.2. The van der Waals surface area contributed by atoms with E-state index in [4.69, 9.17) is 10.5 Å². The topological polar surface area (TPSA) is 102 Å². The minimum absolute atomic E-state index is 0. The average Bonchev–Trinajstić information content (AvgIpc) is 2.67. The van der Waals surface area contributed by atoms with Crippen molar-refractivity contribution in [3.05, 3.63) is 54.1 Å². The molecule has 0 spiro atoms. The first-order chi connectivity index (χ1) is 12.8. The highest BCUT2D eigenvalue weighted by Crippen LogP contribution is 2.20. The maximum absolute atomic E-state index is 12.7. The van der Waals surface area contributed by atoms with Crippen molar-refractivity contribution in [2.24, 2.45) is 5.73 Å². The molecule has 1 amide bonds. The Morgan fingerprint density at radius 1 is 1.21 bits per heavy atom. The lowest BCUT2D eigenvalue weighted by molar-refractivity contribution is 0.0748. The number of amides is 1. The van der Waals surface area contributed by atoms with Crippen LogP contribution in [0.25, 0.3) is 0 Å². The van der Waals surface area contributed by atoms with Gasteiger partial charge in [-0.2, -0.15) is 0 Å². The van der Waals surface area contributed by atoms with Crippen LogP contribution in [0.1, 0.15) is 24.2 Å². The van der Waals surface area contributed by atoms with Crippen LogP contribution in [0.4, 0.5) is 5.69 Å². The Kier molecular flexibility index (Phi) is 8.74. The summed E-state index contributed by atoms with van der Waals surface area (Å²) in [7, 11) is -2.19. The molecule has 2 rings (SSSR count). The predicted octanol–water partition coefficient (Wildman–Crippen LogP) is 2.73. The third-order valence-electron chi connectivity index (χ3n) is 4.13. The standard InChI is InChI=1S/C19H25N3O4S.ClH/c1-4-26-17-10-8-16(9-11-17)21-27(24,25)18-7-5-6-15(12-18)19(23)22(3)14(2)13-20;/h5-12,14,21H,4,13,20H2,1-3H3;1H. The average molecular weight is 428 g/mol. The molecule has 1 atom stereocenters. The van der Waals surface area contributed by atoms with Crippen LogP contribution in [0.5, 0.6) is 5.75 Å². The number of benzene rings is 2. The Hall–Kier alpha value is -2.29. The summed E-state index contributed by atoms with van der Waals surface area (Å²) in [6, 6.07) is 12.4. The van der Waals surface area contributed by atoms with Crippen LogP contribution < -0.4 is 15.2 Å². The molecule has 9 heteroatoms. The van der Waals surface area contributed by atoms with Gasteiger partial charge in [0.1, 0.15) is 5.75 Å². The number of nitrogens with zero attached hydrogens (tertiary/aromatic N) is 1. The van der Waals surface area contributed by atoms with Crippen molar-refractivity contribution >= 4 is 34.0 Å². The molecular weight excluding hydrogens is 402 g/mol. The van der Waals surface area contributed by atoms with E-state index >= 15 is 0 Å². The number of ether oxygens (including phenoxy) is 1. The van der Waals surface area contributed by atoms with Crippen LogP contribution in [0.2, 0.25) is 0 Å². The van der Waals surface area contributed by atoms with Gasteiger partial charge in [0, 0.05) is 30.9 Å². The van der Waals surface area contributed by atoms with E-state index in [9.17, 15) is 13.2 Å². The minimum Gasteiger partial charge on any atom is -0.494 e. The number of carbonyl (C=O) groups excluding carboxylic acids is 1. The van der Waals surface area contributed by atoms with Crippen LogP contribution in [0.15, 0.2) is 53.4 Å². The van der Waals surface area contributed by atoms with Gasteiger partial charge in [-0.15, -0.1) is 12.4 Å². The summed E-state index contributed by atoms with van der Waals surface area (Å²) in [5.41, 5.74) is 6.29. The Bertz CT molecular complexity index is 888. The summed E-state index contributed by atoms with van der Waals surface area (Å²) in [6.07, 6.45) is 0. The lowest BCUT2D eigenvalue weighted by Crippen LogP contribution is -2.39. The molecule has 0 aliphatic carbocycles. The number of likely N-dealkylation sites (N-methyl/N-ethyl adjacent to an activating group) is 1. The maximum atomic E-state index is 12.7. The molecule has 0 aromatic heterocycles. The molecule has 0 fully saturated rings. The van der Waals surface area contributed by atoms with Crippen LogP contribution in [-0.2, 0) is 10.0 Å². The summed E-state index contributed by atoms with van der Waals surface area (Å²) in [4.78, 5) is 14.0. The van der Waals surface area contributed by atoms with E-state index in [1.165, 1.54) is 17.0 Å². The van der Waals surface area contributed by atoms with E-state index in [-0.39, 0.29) is 34.8 Å². The first kappa shape index (κ1) is 23.7. The second-order valence-electron chi connectivity index (χ2n) is 6.09. The van der Waals surface area contributed by atoms with E-state index in [0.717, 1.165) is 0 Å². The largest absolute Gasteiger partial charge is 0.494 e. The van der Waals surface area contributed by atoms with Gasteiger partial charge in [0.2, 0.25) is 0 Å². The van der Waals surface area contributed by atoms with Gasteiger partial charge >= 0.3 is 0 Å². The van der Waals surface area contributed by atoms with Gasteiger partial charge in [-0.1, -0.05) is 6.07 Å². The zero-order valence-corrected chi connectivity index (χ0v) is 17.7. The highest BCUT2D eigenvalue weighted by atomic mass is 35.5. The number of rotatable bonds is 8. The van der Waals surface area contributed by atoms with Gasteiger partial charge in [-0.05, 0) is 56.3 Å². The molecule has 2 aromatic rings. The number of sulfonamides is 1. The van der Waals surface area contributed by atoms with Crippen LogP contribution >= 0.6 is 12.4 Å². The molecular formula is C19H26ClN3O4S. The number of hydrogen-bond donors (Lipinski definition) is 2. The molecule has 2 aromatic carbocycles. The monoisotopic (exact) mass is 427 g/mol. The zero-order valence-electron chi connectivity index (χ0n) is 16.1. The highest BCUT2D eigenvalue weighted by molar-refractivity contribution is 7.92. The quantitative estimate of drug-likeness (QED) is 0.674. The molecule has 0 aliphatic rings. The molecule has 0 heterocycles. The number of hydrogen-bond acceptors (Lipinski definition) is 5. The SMILES string of the molecule is CCOc1ccc(NS(=O)(=O)c2cccc(C(=O)N(C)C(C)CN)c2)cc1.Cl. The van der Waals surface area contributed by atoms with Gasteiger partial charge in [0.25, 0.3) is 15.9 Å². The number of nitrogens with two attached hydrogens (primary N) is 1. The van der Waals surface area contributed by atoms with Gasteiger partial charge in [-0.3, -0.25) is 9.52 Å². The van der Waals surface area contributed by atoms with Crippen molar-refractivity contribution in [1.82, 2.24) is 4.90 Å². The predicted molar refractivity (Wildman–Crippen MR) is 113 cm³/mol. The lowest BCUT2D eigenvalue weighted by Gasteiger charge is -2.23. The van der Waals surface area contributed by atoms with Crippen molar-refractivity contribution in [3.8, 4) is 5.75 Å². The molecule has 3 N–H and O–H groups in total. The molecule has 0 saturated heterocycles. The first-order valence-corrected chi connectivity index (χ1v) is 10.1. The van der Waals surface area contributed by atoms with Gasteiger partial charge in [0.15, 0.2) is 0 Å². The zero-order chi connectivity index (χ0) is 20.0. The van der Waals surface area contributed by atoms with E-state index in [1.54, 1.807) is 43.4 Å². The van der Waals surface area contributed by atoms with Crippen molar-refractivity contribution in [2.75, 3.05) is 24.9 Å². The van der Waals surface area contributed by atoms with Crippen molar-refractivity contribution in [2.45, 2.75) is 24.8 Å². The summed E-state index contributed by atoms with van der Waals surface area (Å²) in [5.74, 6) is 0.371. The molecule has 1 unspecified atom stereocenters. The summed E-state index contributed by atoms with van der Waals surface area (Å²) in [6.45, 7) is 4.55. The molecule has 0 bridgehead atoms. The van der Waals surface area contributed by atoms with E-state index in [2.05, 4.69) is 4.72 Å². The Labute approximate surface area is 172 Å². The molecule has 154 valence electrons. The summed E-state index contributed by atoms with van der Waals surface area (Å²) < 4.78 is 33.2. The second kappa shape index (κ2) is 10.3. The Balaban J connectivity index is 0.00000392. The summed E-state index contributed by atoms with van der Waals surface area (Å²) >= 11 is 0. The fourth-order valence-corrected chi connectivity index (χ4v) is 3.46. The molecule has 0 saturated carbocycles. The van der Waals surface area contributed by atoms with E-state index in [1.807, 2.05) is 13.8 Å². The Morgan fingerprint density at radius 3 is 2.43 bits per heavy atom. The van der Waals surface area contributed by atoms with E-state index in [0.29, 0.717) is 24.6 Å². The normalized spacial score (nSPS) is 11.9. The minimum atomic E-state index is -3.83. The first-order valence-electron chi connectivity index (χ1n) is 8.61. The second-order valence-corrected chi connectivity index (χ2v) is 7.77. The third kappa shape index (κ3) is 5.85. The number of anilines is 1. The summed E-state index contributed by atoms with van der Waals surface area (Å²) in [5, 5.41) is 0. The van der Waals surface area contributed by atoms with Crippen LogP contribution in [-0.4, -0.2) is 45.5 Å². The van der Waals surface area contributed by atoms with Gasteiger partial charge < -0.3 is 15.4 Å². The number of carbonyl (C=O) groups is 1. The van der Waals surface area contributed by atoms with Crippen molar-refractivity contribution < 1.29 is 17.9 Å². The van der Waals surface area contributed by atoms with E-state index < -0.39 is 10.0 Å². The third-order valence-corrected chi connectivity index (χ3v) is 5.51. The van der Waals surface area contributed by atoms with Crippen molar-refractivity contribution in [3.63, 3.8) is 0 Å². The number of nitrogens with one attached hydrogen (secondary N) is 1. The fourth-order valence-electron chi connectivity index (χ4n) is 2.36. The van der Waals surface area contributed by atoms with Crippen molar-refractivity contribution in [1.29, 1.82) is 0 Å². The molecule has 28 heavy (non-hydrogen) atoms. The highest BCUT2D eigenvalue weighted by Gasteiger charge is 2.20. The van der Waals surface area contributed by atoms with Gasteiger partial charge in [0.05, 0.1) is 11.5 Å². The van der Waals surface area contributed by atoms with Crippen LogP contribution in [0, 0.1) is 0 Å². The number of halogens is 1. The fraction of sp³-hybridized carbons (Fsp3) is 0.316. The molecule has 7 nitrogen and oxygen atoms in total. The van der Waals surface area contributed by atoms with Gasteiger partial charge in [-0.25, -0.2) is 8.42 Å². The molecule has 0 radical (unpaired) electrons. The smallest absolute Gasteiger partial charge is 0.261 e.